The summed E-state index contributed by atoms with van der Waals surface area (Å²) in [6, 6.07) is 0. The lowest BCUT2D eigenvalue weighted by atomic mass is 9.80. The van der Waals surface area contributed by atoms with Gasteiger partial charge in [-0.25, -0.2) is 4.79 Å². The van der Waals surface area contributed by atoms with E-state index in [1.807, 2.05) is 0 Å². The molecule has 0 radical (unpaired) electrons. The Balaban J connectivity index is 1.70. The number of ether oxygens (including phenoxy) is 2. The molecule has 3 atom stereocenters. The molecule has 0 aromatic carbocycles. The zero-order valence-electron chi connectivity index (χ0n) is 11.7. The van der Waals surface area contributed by atoms with Crippen LogP contribution < -0.4 is 0 Å². The van der Waals surface area contributed by atoms with Crippen molar-refractivity contribution in [3.63, 3.8) is 0 Å². The van der Waals surface area contributed by atoms with E-state index < -0.39 is 6.16 Å². The molecule has 0 spiro atoms. The Hall–Kier alpha value is -0.730. The van der Waals surface area contributed by atoms with Gasteiger partial charge in [-0.3, -0.25) is 0 Å². The first-order valence-electron chi connectivity index (χ1n) is 7.52. The summed E-state index contributed by atoms with van der Waals surface area (Å²) < 4.78 is 10.8. The minimum Gasteiger partial charge on any atom is -0.431 e. The molecule has 2 aliphatic rings. The van der Waals surface area contributed by atoms with Gasteiger partial charge in [0.05, 0.1) is 0 Å². The van der Waals surface area contributed by atoms with Crippen molar-refractivity contribution in [1.82, 2.24) is 0 Å². The molecule has 0 saturated heterocycles. The van der Waals surface area contributed by atoms with E-state index in [0.717, 1.165) is 38.0 Å². The Morgan fingerprint density at radius 2 is 1.50 bits per heavy atom. The highest BCUT2D eigenvalue weighted by molar-refractivity contribution is 5.60. The van der Waals surface area contributed by atoms with Gasteiger partial charge in [0, 0.05) is 0 Å². The van der Waals surface area contributed by atoms with Crippen molar-refractivity contribution in [2.24, 2.45) is 11.8 Å². The van der Waals surface area contributed by atoms with Gasteiger partial charge in [0.1, 0.15) is 12.2 Å². The van der Waals surface area contributed by atoms with Crippen molar-refractivity contribution >= 4 is 6.16 Å². The van der Waals surface area contributed by atoms with E-state index in [-0.39, 0.29) is 12.2 Å². The molecular weight excluding hydrogens is 228 g/mol. The van der Waals surface area contributed by atoms with Gasteiger partial charge in [0.2, 0.25) is 0 Å². The van der Waals surface area contributed by atoms with Gasteiger partial charge in [0.25, 0.3) is 0 Å². The lowest BCUT2D eigenvalue weighted by Gasteiger charge is -2.31. The Morgan fingerprint density at radius 1 is 0.833 bits per heavy atom. The van der Waals surface area contributed by atoms with Gasteiger partial charge in [-0.2, -0.15) is 0 Å². The summed E-state index contributed by atoms with van der Waals surface area (Å²) in [5.41, 5.74) is 0. The van der Waals surface area contributed by atoms with Crippen LogP contribution in [-0.4, -0.2) is 18.4 Å². The highest BCUT2D eigenvalue weighted by Gasteiger charge is 2.28. The second-order valence-electron chi connectivity index (χ2n) is 6.14. The topological polar surface area (TPSA) is 35.5 Å². The van der Waals surface area contributed by atoms with E-state index in [0.29, 0.717) is 5.92 Å². The molecule has 2 aliphatic carbocycles. The summed E-state index contributed by atoms with van der Waals surface area (Å²) in [6.07, 6.45) is 8.51. The first kappa shape index (κ1) is 13.7. The lowest BCUT2D eigenvalue weighted by molar-refractivity contribution is -0.0285. The van der Waals surface area contributed by atoms with Crippen molar-refractivity contribution in [3.8, 4) is 0 Å². The Kier molecular flexibility index (Phi) is 4.90. The fourth-order valence-corrected chi connectivity index (χ4v) is 3.09. The van der Waals surface area contributed by atoms with Crippen LogP contribution in [0.15, 0.2) is 0 Å². The maximum Gasteiger partial charge on any atom is 0.508 e. The fourth-order valence-electron chi connectivity index (χ4n) is 3.09. The third kappa shape index (κ3) is 3.89. The number of hydrogen-bond acceptors (Lipinski definition) is 3. The molecule has 2 fully saturated rings. The van der Waals surface area contributed by atoms with Gasteiger partial charge in [-0.15, -0.1) is 0 Å². The molecule has 0 amide bonds. The van der Waals surface area contributed by atoms with Gasteiger partial charge in [-0.1, -0.05) is 20.3 Å². The molecule has 3 nitrogen and oxygen atoms in total. The van der Waals surface area contributed by atoms with Crippen LogP contribution in [0.2, 0.25) is 0 Å². The summed E-state index contributed by atoms with van der Waals surface area (Å²) >= 11 is 0. The van der Waals surface area contributed by atoms with Crippen LogP contribution in [0, 0.1) is 11.8 Å². The molecule has 0 bridgehead atoms. The van der Waals surface area contributed by atoms with E-state index in [1.54, 1.807) is 0 Å². The normalized spacial score (nSPS) is 34.0. The predicted molar refractivity (Wildman–Crippen MR) is 70.4 cm³/mol. The molecule has 3 unspecified atom stereocenters. The maximum absolute atomic E-state index is 11.7. The smallest absolute Gasteiger partial charge is 0.431 e. The van der Waals surface area contributed by atoms with Crippen molar-refractivity contribution < 1.29 is 14.3 Å². The molecule has 2 rings (SSSR count). The summed E-state index contributed by atoms with van der Waals surface area (Å²) in [5.74, 6) is 1.39. The molecule has 2 saturated carbocycles. The Bertz CT molecular complexity index is 271. The van der Waals surface area contributed by atoms with Crippen LogP contribution in [0.5, 0.6) is 0 Å². The number of carbonyl (C=O) groups excluding carboxylic acids is 1. The van der Waals surface area contributed by atoms with Crippen LogP contribution in [0.25, 0.3) is 0 Å². The van der Waals surface area contributed by atoms with Crippen LogP contribution >= 0.6 is 0 Å². The van der Waals surface area contributed by atoms with Crippen LogP contribution in [0.4, 0.5) is 4.79 Å². The standard InChI is InChI=1S/C15H26O3/c1-11-8-9-14(10-12(11)2)18-15(16)17-13-6-4-3-5-7-13/h11-14H,3-10H2,1-2H3. The minimum absolute atomic E-state index is 0.0762. The number of rotatable bonds is 2. The summed E-state index contributed by atoms with van der Waals surface area (Å²) in [7, 11) is 0. The Morgan fingerprint density at radius 3 is 2.17 bits per heavy atom. The largest absolute Gasteiger partial charge is 0.508 e. The number of carbonyl (C=O) groups is 1. The molecule has 3 heteroatoms. The van der Waals surface area contributed by atoms with Crippen molar-refractivity contribution in [2.75, 3.05) is 0 Å². The maximum atomic E-state index is 11.7. The van der Waals surface area contributed by atoms with Crippen LogP contribution in [0.3, 0.4) is 0 Å². The fraction of sp³-hybridized carbons (Fsp3) is 0.933. The molecule has 0 aromatic heterocycles. The van der Waals surface area contributed by atoms with E-state index in [1.165, 1.54) is 19.3 Å². The molecular formula is C15H26O3. The molecule has 0 aromatic rings. The van der Waals surface area contributed by atoms with Crippen LogP contribution in [-0.2, 0) is 9.47 Å². The molecule has 0 aliphatic heterocycles. The van der Waals surface area contributed by atoms with Crippen LogP contribution in [0.1, 0.15) is 65.2 Å². The quantitative estimate of drug-likeness (QED) is 0.689. The predicted octanol–water partition coefficient (Wildman–Crippen LogP) is 4.30. The highest BCUT2D eigenvalue weighted by Crippen LogP contribution is 2.31. The zero-order valence-corrected chi connectivity index (χ0v) is 11.7. The first-order chi connectivity index (χ1) is 8.65. The van der Waals surface area contributed by atoms with Crippen molar-refractivity contribution in [2.45, 2.75) is 77.4 Å². The van der Waals surface area contributed by atoms with E-state index in [4.69, 9.17) is 9.47 Å². The SMILES string of the molecule is CC1CCC(OC(=O)OC2CCCCC2)CC1C. The zero-order chi connectivity index (χ0) is 13.0. The van der Waals surface area contributed by atoms with Gasteiger partial charge in [-0.05, 0) is 56.8 Å². The second-order valence-corrected chi connectivity index (χ2v) is 6.14. The van der Waals surface area contributed by atoms with Crippen molar-refractivity contribution in [1.29, 1.82) is 0 Å². The second kappa shape index (κ2) is 6.44. The summed E-state index contributed by atoms with van der Waals surface area (Å²) in [6.45, 7) is 4.52. The first-order valence-corrected chi connectivity index (χ1v) is 7.52. The van der Waals surface area contributed by atoms with Gasteiger partial charge < -0.3 is 9.47 Å². The monoisotopic (exact) mass is 254 g/mol. The van der Waals surface area contributed by atoms with Crippen molar-refractivity contribution in [3.05, 3.63) is 0 Å². The highest BCUT2D eigenvalue weighted by atomic mass is 16.7. The summed E-state index contributed by atoms with van der Waals surface area (Å²) in [5, 5.41) is 0. The third-order valence-corrected chi connectivity index (χ3v) is 4.63. The average Bonchev–Trinajstić information content (AvgIpc) is 2.35. The third-order valence-electron chi connectivity index (χ3n) is 4.63. The van der Waals surface area contributed by atoms with E-state index in [9.17, 15) is 4.79 Å². The number of hydrogen-bond donors (Lipinski definition) is 0. The summed E-state index contributed by atoms with van der Waals surface area (Å²) in [4.78, 5) is 11.7. The lowest BCUT2D eigenvalue weighted by Crippen LogP contribution is -2.30. The van der Waals surface area contributed by atoms with E-state index in [2.05, 4.69) is 13.8 Å². The Labute approximate surface area is 110 Å². The molecule has 18 heavy (non-hydrogen) atoms. The average molecular weight is 254 g/mol. The van der Waals surface area contributed by atoms with Gasteiger partial charge in [0.15, 0.2) is 0 Å². The molecule has 104 valence electrons. The molecule has 0 N–H and O–H groups in total. The minimum atomic E-state index is -0.436. The molecule has 0 heterocycles. The van der Waals surface area contributed by atoms with E-state index >= 15 is 0 Å². The van der Waals surface area contributed by atoms with Gasteiger partial charge >= 0.3 is 6.16 Å².